The molecule has 0 radical (unpaired) electrons. The Morgan fingerprint density at radius 1 is 1.11 bits per heavy atom. The van der Waals surface area contributed by atoms with Crippen molar-refractivity contribution in [3.63, 3.8) is 0 Å². The average molecular weight is 373 g/mol. The molecule has 1 aliphatic rings. The molecule has 146 valence electrons. The Morgan fingerprint density at radius 2 is 1.74 bits per heavy atom. The number of hydrogen-bond acceptors (Lipinski definition) is 4. The second kappa shape index (κ2) is 9.85. The quantitative estimate of drug-likeness (QED) is 0.638. The monoisotopic (exact) mass is 373 g/mol. The van der Waals surface area contributed by atoms with Crippen LogP contribution in [0.4, 0.5) is 0 Å². The van der Waals surface area contributed by atoms with Crippen molar-refractivity contribution in [1.82, 2.24) is 10.6 Å². The number of Topliss-reactive ketones (excluding diaryl/α,β-unsaturated/α-hetero) is 1. The molecule has 3 amide bonds. The largest absolute Gasteiger partial charge is 0.368 e. The fourth-order valence-electron chi connectivity index (χ4n) is 3.38. The van der Waals surface area contributed by atoms with Gasteiger partial charge in [-0.25, -0.2) is 0 Å². The molecule has 4 N–H and O–H groups in total. The second-order valence-electron chi connectivity index (χ2n) is 7.04. The first-order valence-electron chi connectivity index (χ1n) is 9.31. The van der Waals surface area contributed by atoms with Crippen LogP contribution in [0.2, 0.25) is 0 Å². The summed E-state index contributed by atoms with van der Waals surface area (Å²) in [6, 6.07) is 8.50. The summed E-state index contributed by atoms with van der Waals surface area (Å²) in [6.45, 7) is 1.87. The van der Waals surface area contributed by atoms with Crippen molar-refractivity contribution in [2.45, 2.75) is 57.5 Å². The van der Waals surface area contributed by atoms with Crippen LogP contribution in [0.5, 0.6) is 0 Å². The van der Waals surface area contributed by atoms with Crippen molar-refractivity contribution in [3.05, 3.63) is 35.9 Å². The number of amides is 3. The van der Waals surface area contributed by atoms with E-state index < -0.39 is 17.9 Å². The maximum absolute atomic E-state index is 12.2. The van der Waals surface area contributed by atoms with E-state index in [0.717, 1.165) is 5.56 Å². The average Bonchev–Trinajstić information content (AvgIpc) is 2.65. The Labute approximate surface area is 159 Å². The van der Waals surface area contributed by atoms with Crippen LogP contribution in [0.25, 0.3) is 0 Å². The molecule has 0 saturated heterocycles. The standard InChI is InChI=1S/C20H27N3O4/c1-13(14-6-3-2-4-7-14)22-17(25)10-11-18(26)23-19(20(21)27)15-8-5-9-16(24)12-15/h2-4,6-7,13,15,19H,5,8-12H2,1H3,(H2,21,27)(H,22,25)(H,23,26)/t13-,15+,19+/m1/s1. The molecule has 0 spiro atoms. The van der Waals surface area contributed by atoms with E-state index in [1.165, 1.54) is 0 Å². The van der Waals surface area contributed by atoms with Gasteiger partial charge in [-0.05, 0) is 31.2 Å². The van der Waals surface area contributed by atoms with Gasteiger partial charge in [-0.2, -0.15) is 0 Å². The molecule has 1 aliphatic carbocycles. The summed E-state index contributed by atoms with van der Waals surface area (Å²) < 4.78 is 0. The molecule has 0 unspecified atom stereocenters. The van der Waals surface area contributed by atoms with E-state index >= 15 is 0 Å². The number of hydrogen-bond donors (Lipinski definition) is 3. The Hall–Kier alpha value is -2.70. The maximum atomic E-state index is 12.2. The summed E-state index contributed by atoms with van der Waals surface area (Å²) in [6.07, 6.45) is 2.10. The smallest absolute Gasteiger partial charge is 0.240 e. The summed E-state index contributed by atoms with van der Waals surface area (Å²) in [5.41, 5.74) is 6.38. The Morgan fingerprint density at radius 3 is 2.33 bits per heavy atom. The van der Waals surface area contributed by atoms with Crippen LogP contribution in [-0.2, 0) is 19.2 Å². The van der Waals surface area contributed by atoms with Crippen molar-refractivity contribution >= 4 is 23.5 Å². The van der Waals surface area contributed by atoms with Gasteiger partial charge in [0.25, 0.3) is 0 Å². The number of nitrogens with two attached hydrogens (primary N) is 1. The predicted octanol–water partition coefficient (Wildman–Crippen LogP) is 1.37. The van der Waals surface area contributed by atoms with Gasteiger partial charge in [-0.3, -0.25) is 19.2 Å². The van der Waals surface area contributed by atoms with E-state index in [0.29, 0.717) is 19.3 Å². The maximum Gasteiger partial charge on any atom is 0.240 e. The van der Waals surface area contributed by atoms with E-state index in [1.54, 1.807) is 0 Å². The molecule has 1 saturated carbocycles. The molecule has 7 nitrogen and oxygen atoms in total. The van der Waals surface area contributed by atoms with E-state index in [-0.39, 0.29) is 42.9 Å². The topological polar surface area (TPSA) is 118 Å². The number of primary amides is 1. The lowest BCUT2D eigenvalue weighted by atomic mass is 9.83. The highest BCUT2D eigenvalue weighted by molar-refractivity contribution is 5.89. The van der Waals surface area contributed by atoms with Crippen LogP contribution >= 0.6 is 0 Å². The van der Waals surface area contributed by atoms with Crippen molar-refractivity contribution in [1.29, 1.82) is 0 Å². The van der Waals surface area contributed by atoms with Gasteiger partial charge in [0.15, 0.2) is 0 Å². The van der Waals surface area contributed by atoms with E-state index in [2.05, 4.69) is 10.6 Å². The zero-order valence-corrected chi connectivity index (χ0v) is 15.6. The van der Waals surface area contributed by atoms with E-state index in [4.69, 9.17) is 5.73 Å². The van der Waals surface area contributed by atoms with Crippen LogP contribution < -0.4 is 16.4 Å². The first kappa shape index (κ1) is 20.6. The minimum Gasteiger partial charge on any atom is -0.368 e. The first-order valence-corrected chi connectivity index (χ1v) is 9.31. The molecule has 1 aromatic carbocycles. The lowest BCUT2D eigenvalue weighted by Gasteiger charge is -2.28. The number of carbonyl (C=O) groups excluding carboxylic acids is 4. The van der Waals surface area contributed by atoms with Crippen LogP contribution in [0.3, 0.4) is 0 Å². The van der Waals surface area contributed by atoms with Crippen LogP contribution in [0.1, 0.15) is 57.1 Å². The Bertz CT molecular complexity index is 690. The molecular weight excluding hydrogens is 346 g/mol. The molecule has 2 rings (SSSR count). The lowest BCUT2D eigenvalue weighted by Crippen LogP contribution is -2.50. The molecule has 0 heterocycles. The zero-order chi connectivity index (χ0) is 19.8. The lowest BCUT2D eigenvalue weighted by molar-refractivity contribution is -0.131. The number of ketones is 1. The van der Waals surface area contributed by atoms with Crippen molar-refractivity contribution in [2.24, 2.45) is 11.7 Å². The molecule has 7 heteroatoms. The highest BCUT2D eigenvalue weighted by Crippen LogP contribution is 2.24. The summed E-state index contributed by atoms with van der Waals surface area (Å²) in [4.78, 5) is 47.5. The van der Waals surface area contributed by atoms with Gasteiger partial charge in [0.2, 0.25) is 17.7 Å². The number of rotatable bonds is 8. The number of nitrogens with one attached hydrogen (secondary N) is 2. The molecular formula is C20H27N3O4. The molecule has 0 aliphatic heterocycles. The highest BCUT2D eigenvalue weighted by atomic mass is 16.2. The minimum atomic E-state index is -0.868. The Kier molecular flexibility index (Phi) is 7.52. The fraction of sp³-hybridized carbons (Fsp3) is 0.500. The van der Waals surface area contributed by atoms with Gasteiger partial charge in [-0.15, -0.1) is 0 Å². The van der Waals surface area contributed by atoms with Crippen LogP contribution in [0.15, 0.2) is 30.3 Å². The van der Waals surface area contributed by atoms with E-state index in [1.807, 2.05) is 37.3 Å². The molecule has 1 aromatic rings. The molecule has 0 bridgehead atoms. The summed E-state index contributed by atoms with van der Waals surface area (Å²) in [7, 11) is 0. The zero-order valence-electron chi connectivity index (χ0n) is 15.6. The van der Waals surface area contributed by atoms with Gasteiger partial charge in [0.05, 0.1) is 6.04 Å². The number of benzene rings is 1. The summed E-state index contributed by atoms with van der Waals surface area (Å²) >= 11 is 0. The predicted molar refractivity (Wildman–Crippen MR) is 100 cm³/mol. The second-order valence-corrected chi connectivity index (χ2v) is 7.04. The number of carbonyl (C=O) groups is 4. The van der Waals surface area contributed by atoms with Crippen LogP contribution in [0, 0.1) is 5.92 Å². The highest BCUT2D eigenvalue weighted by Gasteiger charge is 2.32. The SMILES string of the molecule is C[C@@H](NC(=O)CCC(=O)N[C@H](C(N)=O)[C@H]1CCCC(=O)C1)c1ccccc1. The van der Waals surface area contributed by atoms with Crippen molar-refractivity contribution in [3.8, 4) is 0 Å². The van der Waals surface area contributed by atoms with Gasteiger partial charge in [0, 0.05) is 25.7 Å². The normalized spacial score (nSPS) is 19.0. The van der Waals surface area contributed by atoms with Gasteiger partial charge < -0.3 is 16.4 Å². The minimum absolute atomic E-state index is 0.0120. The van der Waals surface area contributed by atoms with Crippen molar-refractivity contribution < 1.29 is 19.2 Å². The van der Waals surface area contributed by atoms with Gasteiger partial charge >= 0.3 is 0 Å². The molecule has 27 heavy (non-hydrogen) atoms. The van der Waals surface area contributed by atoms with E-state index in [9.17, 15) is 19.2 Å². The van der Waals surface area contributed by atoms with Crippen molar-refractivity contribution in [2.75, 3.05) is 0 Å². The summed E-state index contributed by atoms with van der Waals surface area (Å²) in [5, 5.41) is 5.44. The Balaban J connectivity index is 1.80. The molecule has 0 aromatic heterocycles. The van der Waals surface area contributed by atoms with Gasteiger partial charge in [-0.1, -0.05) is 30.3 Å². The molecule has 3 atom stereocenters. The fourth-order valence-corrected chi connectivity index (χ4v) is 3.38. The third-order valence-corrected chi connectivity index (χ3v) is 4.87. The molecule has 1 fully saturated rings. The third kappa shape index (κ3) is 6.51. The summed E-state index contributed by atoms with van der Waals surface area (Å²) in [5.74, 6) is -1.49. The van der Waals surface area contributed by atoms with Crippen LogP contribution in [-0.4, -0.2) is 29.5 Å². The van der Waals surface area contributed by atoms with Gasteiger partial charge in [0.1, 0.15) is 11.8 Å². The third-order valence-electron chi connectivity index (χ3n) is 4.87. The first-order chi connectivity index (χ1) is 12.9.